The summed E-state index contributed by atoms with van der Waals surface area (Å²) >= 11 is 0. The van der Waals surface area contributed by atoms with Crippen LogP contribution in [-0.2, 0) is 18.3 Å². The normalized spacial score (nSPS) is 19.8. The number of hydrogen-bond acceptors (Lipinski definition) is 4. The molecule has 1 saturated heterocycles. The van der Waals surface area contributed by atoms with Crippen LogP contribution < -0.4 is 5.32 Å². The van der Waals surface area contributed by atoms with Gasteiger partial charge in [0.15, 0.2) is 0 Å². The van der Waals surface area contributed by atoms with E-state index in [-0.39, 0.29) is 0 Å². The number of rotatable bonds is 7. The standard InChI is InChI=1S/C13H24N4O/c1-16(9-13-8-15-17(2)10-13)5-4-14-7-12-3-6-18-11-12/h8,10,12,14H,3-7,9,11H2,1-2H3. The molecule has 0 amide bonds. The van der Waals surface area contributed by atoms with Crippen molar-refractivity contribution in [2.45, 2.75) is 13.0 Å². The highest BCUT2D eigenvalue weighted by molar-refractivity contribution is 5.02. The van der Waals surface area contributed by atoms with Gasteiger partial charge in [0.1, 0.15) is 0 Å². The van der Waals surface area contributed by atoms with Gasteiger partial charge in [0.2, 0.25) is 0 Å². The number of likely N-dealkylation sites (N-methyl/N-ethyl adjacent to an activating group) is 1. The van der Waals surface area contributed by atoms with E-state index in [4.69, 9.17) is 4.74 Å². The molecule has 1 aromatic rings. The van der Waals surface area contributed by atoms with Crippen LogP contribution in [0.25, 0.3) is 0 Å². The van der Waals surface area contributed by atoms with Crippen molar-refractivity contribution in [2.24, 2.45) is 13.0 Å². The Morgan fingerprint density at radius 3 is 3.17 bits per heavy atom. The lowest BCUT2D eigenvalue weighted by atomic mass is 10.1. The van der Waals surface area contributed by atoms with Crippen LogP contribution in [0.5, 0.6) is 0 Å². The van der Waals surface area contributed by atoms with E-state index in [0.717, 1.165) is 39.4 Å². The highest BCUT2D eigenvalue weighted by Crippen LogP contribution is 2.10. The molecule has 2 rings (SSSR count). The maximum absolute atomic E-state index is 5.36. The second-order valence-corrected chi connectivity index (χ2v) is 5.19. The Morgan fingerprint density at radius 1 is 1.61 bits per heavy atom. The van der Waals surface area contributed by atoms with Crippen LogP contribution >= 0.6 is 0 Å². The molecule has 1 atom stereocenters. The largest absolute Gasteiger partial charge is 0.381 e. The SMILES string of the molecule is CN(CCNCC1CCOC1)Cc1cnn(C)c1. The summed E-state index contributed by atoms with van der Waals surface area (Å²) in [7, 11) is 4.10. The smallest absolute Gasteiger partial charge is 0.0534 e. The average molecular weight is 252 g/mol. The molecule has 0 aliphatic carbocycles. The molecule has 18 heavy (non-hydrogen) atoms. The third-order valence-corrected chi connectivity index (χ3v) is 3.34. The molecule has 0 saturated carbocycles. The molecule has 5 nitrogen and oxygen atoms in total. The van der Waals surface area contributed by atoms with Gasteiger partial charge in [-0.1, -0.05) is 0 Å². The molecule has 1 N–H and O–H groups in total. The third kappa shape index (κ3) is 4.40. The van der Waals surface area contributed by atoms with E-state index in [2.05, 4.69) is 28.6 Å². The molecular formula is C13H24N4O. The van der Waals surface area contributed by atoms with Crippen molar-refractivity contribution < 1.29 is 4.74 Å². The number of ether oxygens (including phenoxy) is 1. The first-order chi connectivity index (χ1) is 8.74. The summed E-state index contributed by atoms with van der Waals surface area (Å²) in [6.45, 7) is 6.00. The van der Waals surface area contributed by atoms with Gasteiger partial charge in [0.25, 0.3) is 0 Å². The summed E-state index contributed by atoms with van der Waals surface area (Å²) in [5.74, 6) is 0.716. The van der Waals surface area contributed by atoms with Gasteiger partial charge in [-0.25, -0.2) is 0 Å². The summed E-state index contributed by atoms with van der Waals surface area (Å²) in [6, 6.07) is 0. The van der Waals surface area contributed by atoms with E-state index in [1.54, 1.807) is 0 Å². The molecule has 5 heteroatoms. The van der Waals surface area contributed by atoms with Crippen LogP contribution in [0, 0.1) is 5.92 Å². The molecule has 1 aromatic heterocycles. The van der Waals surface area contributed by atoms with Crippen LogP contribution in [0.1, 0.15) is 12.0 Å². The van der Waals surface area contributed by atoms with E-state index >= 15 is 0 Å². The zero-order valence-electron chi connectivity index (χ0n) is 11.4. The highest BCUT2D eigenvalue weighted by atomic mass is 16.5. The lowest BCUT2D eigenvalue weighted by Gasteiger charge is -2.16. The Bertz CT molecular complexity index is 347. The number of nitrogens with zero attached hydrogens (tertiary/aromatic N) is 3. The predicted molar refractivity (Wildman–Crippen MR) is 71.3 cm³/mol. The summed E-state index contributed by atoms with van der Waals surface area (Å²) in [5.41, 5.74) is 1.27. The fourth-order valence-corrected chi connectivity index (χ4v) is 2.26. The van der Waals surface area contributed by atoms with Gasteiger partial charge in [-0.15, -0.1) is 0 Å². The van der Waals surface area contributed by atoms with Crippen LogP contribution in [0.15, 0.2) is 12.4 Å². The molecule has 2 heterocycles. The molecule has 1 fully saturated rings. The van der Waals surface area contributed by atoms with Gasteiger partial charge in [-0.3, -0.25) is 4.68 Å². The van der Waals surface area contributed by atoms with Gasteiger partial charge in [-0.05, 0) is 19.4 Å². The molecule has 0 radical (unpaired) electrons. The van der Waals surface area contributed by atoms with E-state index in [0.29, 0.717) is 5.92 Å². The maximum Gasteiger partial charge on any atom is 0.0534 e. The molecule has 102 valence electrons. The van der Waals surface area contributed by atoms with E-state index in [1.807, 2.05) is 17.9 Å². The van der Waals surface area contributed by atoms with Gasteiger partial charge in [-0.2, -0.15) is 5.10 Å². The Kier molecular flexibility index (Phi) is 5.16. The predicted octanol–water partition coefficient (Wildman–Crippen LogP) is 0.478. The van der Waals surface area contributed by atoms with Crippen LogP contribution in [0.4, 0.5) is 0 Å². The lowest BCUT2D eigenvalue weighted by molar-refractivity contribution is 0.185. The first kappa shape index (κ1) is 13.5. The quantitative estimate of drug-likeness (QED) is 0.717. The fourth-order valence-electron chi connectivity index (χ4n) is 2.26. The van der Waals surface area contributed by atoms with Gasteiger partial charge in [0, 0.05) is 51.6 Å². The Labute approximate surface area is 109 Å². The molecule has 1 aliphatic rings. The molecule has 1 unspecified atom stereocenters. The number of aryl methyl sites for hydroxylation is 1. The van der Waals surface area contributed by atoms with E-state index in [9.17, 15) is 0 Å². The molecule has 0 bridgehead atoms. The fraction of sp³-hybridized carbons (Fsp3) is 0.769. The van der Waals surface area contributed by atoms with Crippen molar-refractivity contribution in [2.75, 3.05) is 39.9 Å². The monoisotopic (exact) mass is 252 g/mol. The summed E-state index contributed by atoms with van der Waals surface area (Å²) in [6.07, 6.45) is 5.21. The van der Waals surface area contributed by atoms with Gasteiger partial charge < -0.3 is 15.0 Å². The summed E-state index contributed by atoms with van der Waals surface area (Å²) in [4.78, 5) is 2.31. The molecule has 0 aromatic carbocycles. The molecular weight excluding hydrogens is 228 g/mol. The third-order valence-electron chi connectivity index (χ3n) is 3.34. The van der Waals surface area contributed by atoms with E-state index in [1.165, 1.54) is 12.0 Å². The Morgan fingerprint density at radius 2 is 2.50 bits per heavy atom. The average Bonchev–Trinajstić information content (AvgIpc) is 2.96. The first-order valence-corrected chi connectivity index (χ1v) is 6.68. The van der Waals surface area contributed by atoms with Crippen LogP contribution in [0.3, 0.4) is 0 Å². The zero-order valence-corrected chi connectivity index (χ0v) is 11.4. The maximum atomic E-state index is 5.36. The van der Waals surface area contributed by atoms with E-state index < -0.39 is 0 Å². The number of aromatic nitrogens is 2. The topological polar surface area (TPSA) is 42.3 Å². The number of hydrogen-bond donors (Lipinski definition) is 1. The summed E-state index contributed by atoms with van der Waals surface area (Å²) < 4.78 is 7.21. The molecule has 0 spiro atoms. The minimum atomic E-state index is 0.716. The van der Waals surface area contributed by atoms with Crippen molar-refractivity contribution in [3.05, 3.63) is 18.0 Å². The Balaban J connectivity index is 1.55. The van der Waals surface area contributed by atoms with Gasteiger partial charge in [0.05, 0.1) is 12.8 Å². The minimum Gasteiger partial charge on any atom is -0.381 e. The van der Waals surface area contributed by atoms with Crippen molar-refractivity contribution in [1.29, 1.82) is 0 Å². The Hall–Kier alpha value is -0.910. The van der Waals surface area contributed by atoms with Crippen LogP contribution in [-0.4, -0.2) is 54.6 Å². The molecule has 1 aliphatic heterocycles. The number of nitrogens with one attached hydrogen (secondary N) is 1. The summed E-state index contributed by atoms with van der Waals surface area (Å²) in [5, 5.41) is 7.69. The zero-order chi connectivity index (χ0) is 12.8. The second kappa shape index (κ2) is 6.87. The lowest BCUT2D eigenvalue weighted by Crippen LogP contribution is -2.32. The highest BCUT2D eigenvalue weighted by Gasteiger charge is 2.14. The van der Waals surface area contributed by atoms with Crippen molar-refractivity contribution in [3.63, 3.8) is 0 Å². The van der Waals surface area contributed by atoms with Crippen LogP contribution in [0.2, 0.25) is 0 Å². The van der Waals surface area contributed by atoms with Crippen molar-refractivity contribution >= 4 is 0 Å². The van der Waals surface area contributed by atoms with Crippen molar-refractivity contribution in [3.8, 4) is 0 Å². The minimum absolute atomic E-state index is 0.716. The first-order valence-electron chi connectivity index (χ1n) is 6.68. The van der Waals surface area contributed by atoms with Gasteiger partial charge >= 0.3 is 0 Å². The second-order valence-electron chi connectivity index (χ2n) is 5.19. The van der Waals surface area contributed by atoms with Crippen molar-refractivity contribution in [1.82, 2.24) is 20.0 Å².